The maximum absolute atomic E-state index is 10.2. The maximum Gasteiger partial charge on any atom is 0.160 e. The summed E-state index contributed by atoms with van der Waals surface area (Å²) in [6.45, 7) is 2.96. The summed E-state index contributed by atoms with van der Waals surface area (Å²) in [6, 6.07) is 15.3. The van der Waals surface area contributed by atoms with Crippen LogP contribution in [0.5, 0.6) is 17.2 Å². The molecule has 2 aromatic rings. The minimum Gasteiger partial charge on any atom is -0.493 e. The first-order valence-corrected chi connectivity index (χ1v) is 8.44. The van der Waals surface area contributed by atoms with Crippen molar-refractivity contribution in [1.29, 1.82) is 0 Å². The molecule has 2 rings (SSSR count). The lowest BCUT2D eigenvalue weighted by Gasteiger charge is -2.21. The molecule has 136 valence electrons. The SMILES string of the molecule is COc1ccc(CCN[C@@H](C)[C@H](O)COc2ccccc2)cc1OC. The van der Waals surface area contributed by atoms with Crippen LogP contribution in [0.25, 0.3) is 0 Å². The van der Waals surface area contributed by atoms with Crippen molar-refractivity contribution >= 4 is 0 Å². The second-order valence-electron chi connectivity index (χ2n) is 5.87. The summed E-state index contributed by atoms with van der Waals surface area (Å²) in [6.07, 6.45) is 0.252. The van der Waals surface area contributed by atoms with E-state index in [9.17, 15) is 5.11 Å². The second kappa shape index (κ2) is 9.91. The number of aliphatic hydroxyl groups excluding tert-OH is 1. The molecule has 0 aromatic heterocycles. The number of rotatable bonds is 10. The van der Waals surface area contributed by atoms with E-state index in [0.29, 0.717) is 0 Å². The van der Waals surface area contributed by atoms with Gasteiger partial charge in [-0.3, -0.25) is 0 Å². The van der Waals surface area contributed by atoms with Gasteiger partial charge in [-0.25, -0.2) is 0 Å². The summed E-state index contributed by atoms with van der Waals surface area (Å²) in [5.74, 6) is 2.21. The van der Waals surface area contributed by atoms with Crippen LogP contribution >= 0.6 is 0 Å². The highest BCUT2D eigenvalue weighted by Crippen LogP contribution is 2.27. The Hall–Kier alpha value is -2.24. The molecule has 2 atom stereocenters. The molecule has 2 N–H and O–H groups in total. The Bertz CT molecular complexity index is 633. The number of para-hydroxylation sites is 1. The fourth-order valence-electron chi connectivity index (χ4n) is 2.46. The number of ether oxygens (including phenoxy) is 3. The number of hydrogen-bond acceptors (Lipinski definition) is 5. The number of aliphatic hydroxyl groups is 1. The van der Waals surface area contributed by atoms with E-state index >= 15 is 0 Å². The lowest BCUT2D eigenvalue weighted by molar-refractivity contribution is 0.0788. The van der Waals surface area contributed by atoms with E-state index in [1.54, 1.807) is 14.2 Å². The minimum absolute atomic E-state index is 0.0659. The molecule has 0 bridgehead atoms. The molecule has 0 radical (unpaired) electrons. The van der Waals surface area contributed by atoms with Crippen LogP contribution in [0.1, 0.15) is 12.5 Å². The lowest BCUT2D eigenvalue weighted by Crippen LogP contribution is -2.41. The van der Waals surface area contributed by atoms with Gasteiger partial charge in [-0.15, -0.1) is 0 Å². The van der Waals surface area contributed by atoms with Crippen LogP contribution in [0.4, 0.5) is 0 Å². The molecule has 0 aliphatic rings. The van der Waals surface area contributed by atoms with Gasteiger partial charge in [0.15, 0.2) is 11.5 Å². The molecule has 0 heterocycles. The Morgan fingerprint density at radius 2 is 1.72 bits per heavy atom. The van der Waals surface area contributed by atoms with Gasteiger partial charge >= 0.3 is 0 Å². The Labute approximate surface area is 149 Å². The van der Waals surface area contributed by atoms with Gasteiger partial charge in [-0.2, -0.15) is 0 Å². The number of methoxy groups -OCH3 is 2. The first-order chi connectivity index (χ1) is 12.1. The normalized spacial score (nSPS) is 13.1. The van der Waals surface area contributed by atoms with Crippen LogP contribution in [0, 0.1) is 0 Å². The number of nitrogens with one attached hydrogen (secondary N) is 1. The summed E-state index contributed by atoms with van der Waals surface area (Å²) in [5, 5.41) is 13.5. The highest BCUT2D eigenvalue weighted by atomic mass is 16.5. The number of benzene rings is 2. The van der Waals surface area contributed by atoms with Crippen LogP contribution in [0.3, 0.4) is 0 Å². The topological polar surface area (TPSA) is 60.0 Å². The van der Waals surface area contributed by atoms with Crippen LogP contribution in [0.15, 0.2) is 48.5 Å². The molecular weight excluding hydrogens is 318 g/mol. The third-order valence-electron chi connectivity index (χ3n) is 4.07. The Morgan fingerprint density at radius 1 is 1.00 bits per heavy atom. The van der Waals surface area contributed by atoms with E-state index in [2.05, 4.69) is 5.32 Å². The van der Waals surface area contributed by atoms with Crippen molar-refractivity contribution < 1.29 is 19.3 Å². The van der Waals surface area contributed by atoms with E-state index in [-0.39, 0.29) is 12.6 Å². The largest absolute Gasteiger partial charge is 0.493 e. The molecule has 0 fully saturated rings. The Morgan fingerprint density at radius 3 is 2.40 bits per heavy atom. The zero-order valence-electron chi connectivity index (χ0n) is 15.1. The molecule has 0 unspecified atom stereocenters. The third-order valence-corrected chi connectivity index (χ3v) is 4.07. The standard InChI is InChI=1S/C20H27NO4/c1-15(18(22)14-25-17-7-5-4-6-8-17)21-12-11-16-9-10-19(23-2)20(13-16)24-3/h4-10,13,15,18,21-22H,11-12,14H2,1-3H3/t15-,18+/m0/s1. The van der Waals surface area contributed by atoms with Crippen LogP contribution in [-0.2, 0) is 6.42 Å². The summed E-state index contributed by atoms with van der Waals surface area (Å²) < 4.78 is 16.1. The molecule has 0 aliphatic carbocycles. The minimum atomic E-state index is -0.578. The van der Waals surface area contributed by atoms with E-state index in [0.717, 1.165) is 35.8 Å². The third kappa shape index (κ3) is 5.96. The van der Waals surface area contributed by atoms with E-state index in [1.807, 2.05) is 55.5 Å². The molecule has 0 spiro atoms. The average Bonchev–Trinajstić information content (AvgIpc) is 2.66. The smallest absolute Gasteiger partial charge is 0.160 e. The highest BCUT2D eigenvalue weighted by molar-refractivity contribution is 5.42. The fourth-order valence-corrected chi connectivity index (χ4v) is 2.46. The van der Waals surface area contributed by atoms with Crippen molar-refractivity contribution in [2.45, 2.75) is 25.5 Å². The Balaban J connectivity index is 1.75. The van der Waals surface area contributed by atoms with Gasteiger partial charge in [-0.1, -0.05) is 24.3 Å². The summed E-state index contributed by atoms with van der Waals surface area (Å²) in [4.78, 5) is 0. The van der Waals surface area contributed by atoms with Gasteiger partial charge in [-0.05, 0) is 49.7 Å². The summed E-state index contributed by atoms with van der Waals surface area (Å²) >= 11 is 0. The van der Waals surface area contributed by atoms with Gasteiger partial charge < -0.3 is 24.6 Å². The predicted molar refractivity (Wildman–Crippen MR) is 98.7 cm³/mol. The van der Waals surface area contributed by atoms with Crippen LogP contribution < -0.4 is 19.5 Å². The van der Waals surface area contributed by atoms with Gasteiger partial charge in [0.2, 0.25) is 0 Å². The van der Waals surface area contributed by atoms with Crippen molar-refractivity contribution in [2.24, 2.45) is 0 Å². The lowest BCUT2D eigenvalue weighted by atomic mass is 10.1. The zero-order chi connectivity index (χ0) is 18.1. The molecule has 2 aromatic carbocycles. The van der Waals surface area contributed by atoms with Crippen molar-refractivity contribution in [1.82, 2.24) is 5.32 Å². The zero-order valence-corrected chi connectivity index (χ0v) is 15.1. The van der Waals surface area contributed by atoms with Crippen molar-refractivity contribution in [3.8, 4) is 17.2 Å². The summed E-state index contributed by atoms with van der Waals surface area (Å²) in [7, 11) is 3.25. The molecule has 0 saturated heterocycles. The Kier molecular flexibility index (Phi) is 7.57. The average molecular weight is 345 g/mol. The van der Waals surface area contributed by atoms with Crippen LogP contribution in [-0.4, -0.2) is 44.6 Å². The molecule has 0 amide bonds. The van der Waals surface area contributed by atoms with E-state index in [4.69, 9.17) is 14.2 Å². The van der Waals surface area contributed by atoms with Crippen molar-refractivity contribution in [3.63, 3.8) is 0 Å². The van der Waals surface area contributed by atoms with Crippen molar-refractivity contribution in [3.05, 3.63) is 54.1 Å². The number of hydrogen-bond donors (Lipinski definition) is 2. The van der Waals surface area contributed by atoms with Crippen molar-refractivity contribution in [2.75, 3.05) is 27.4 Å². The quantitative estimate of drug-likeness (QED) is 0.693. The monoisotopic (exact) mass is 345 g/mol. The highest BCUT2D eigenvalue weighted by Gasteiger charge is 2.14. The molecule has 5 nitrogen and oxygen atoms in total. The van der Waals surface area contributed by atoms with Crippen LogP contribution in [0.2, 0.25) is 0 Å². The summed E-state index contributed by atoms with van der Waals surface area (Å²) in [5.41, 5.74) is 1.15. The molecule has 0 saturated carbocycles. The fraction of sp³-hybridized carbons (Fsp3) is 0.400. The first kappa shape index (κ1) is 19.1. The van der Waals surface area contributed by atoms with Gasteiger partial charge in [0.25, 0.3) is 0 Å². The molecule has 5 heteroatoms. The van der Waals surface area contributed by atoms with E-state index in [1.165, 1.54) is 0 Å². The first-order valence-electron chi connectivity index (χ1n) is 8.44. The molecule has 25 heavy (non-hydrogen) atoms. The van der Waals surface area contributed by atoms with Gasteiger partial charge in [0.05, 0.1) is 14.2 Å². The molecular formula is C20H27NO4. The van der Waals surface area contributed by atoms with Gasteiger partial charge in [0, 0.05) is 6.04 Å². The van der Waals surface area contributed by atoms with E-state index < -0.39 is 6.10 Å². The predicted octanol–water partition coefficient (Wildman–Crippen LogP) is 2.66. The van der Waals surface area contributed by atoms with Gasteiger partial charge in [0.1, 0.15) is 18.5 Å². The maximum atomic E-state index is 10.2. The second-order valence-corrected chi connectivity index (χ2v) is 5.87. The molecule has 0 aliphatic heterocycles.